The third-order valence-electron chi connectivity index (χ3n) is 5.47. The summed E-state index contributed by atoms with van der Waals surface area (Å²) >= 11 is 0. The molecule has 0 aromatic carbocycles. The van der Waals surface area contributed by atoms with E-state index in [2.05, 4.69) is 73.2 Å². The number of hydrogen-bond acceptors (Lipinski definition) is 3. The molecule has 1 N–H and O–H groups in total. The predicted octanol–water partition coefficient (Wildman–Crippen LogP) is 5.19. The Kier molecular flexibility index (Phi) is 12.4. The first kappa shape index (κ1) is 24.9. The Bertz CT molecular complexity index is 691. The van der Waals surface area contributed by atoms with Crippen molar-refractivity contribution in [2.24, 2.45) is 5.92 Å². The maximum absolute atomic E-state index is 12.4. The van der Waals surface area contributed by atoms with Gasteiger partial charge in [-0.2, -0.15) is 0 Å². The molecule has 0 radical (unpaired) electrons. The van der Waals surface area contributed by atoms with Crippen molar-refractivity contribution in [2.75, 3.05) is 13.1 Å². The van der Waals surface area contributed by atoms with Gasteiger partial charge in [-0.3, -0.25) is 14.4 Å². The van der Waals surface area contributed by atoms with E-state index >= 15 is 0 Å². The molecule has 0 aromatic heterocycles. The van der Waals surface area contributed by atoms with Crippen molar-refractivity contribution in [3.8, 4) is 0 Å². The zero-order valence-electron chi connectivity index (χ0n) is 18.9. The Morgan fingerprint density at radius 3 is 2.16 bits per heavy atom. The Labute approximate surface area is 187 Å². The van der Waals surface area contributed by atoms with Gasteiger partial charge in [-0.15, -0.1) is 0 Å². The topological polar surface area (TPSA) is 58.6 Å². The van der Waals surface area contributed by atoms with Gasteiger partial charge in [-0.1, -0.05) is 67.7 Å². The Hall–Kier alpha value is -2.40. The summed E-state index contributed by atoms with van der Waals surface area (Å²) in [6, 6.07) is 0. The second-order valence-electron chi connectivity index (χ2n) is 7.96. The van der Waals surface area contributed by atoms with Gasteiger partial charge in [0.05, 0.1) is 5.92 Å². The number of allylic oxidation sites excluding steroid dienone is 10. The fourth-order valence-electron chi connectivity index (χ4n) is 3.66. The molecule has 2 fully saturated rings. The third-order valence-corrected chi connectivity index (χ3v) is 5.47. The molecule has 2 aliphatic heterocycles. The van der Waals surface area contributed by atoms with E-state index in [0.717, 1.165) is 51.4 Å². The lowest BCUT2D eigenvalue weighted by Crippen LogP contribution is -2.46. The molecule has 2 rings (SSSR count). The van der Waals surface area contributed by atoms with Gasteiger partial charge in [0.15, 0.2) is 0 Å². The summed E-state index contributed by atoms with van der Waals surface area (Å²) in [5.41, 5.74) is 2.42. The first-order valence-corrected chi connectivity index (χ1v) is 11.7. The van der Waals surface area contributed by atoms with Gasteiger partial charge in [0.25, 0.3) is 5.91 Å². The molecule has 2 amide bonds. The molecule has 0 bridgehead atoms. The molecule has 2 saturated heterocycles. The fourth-order valence-corrected chi connectivity index (χ4v) is 3.66. The van der Waals surface area contributed by atoms with Crippen LogP contribution in [0.15, 0.2) is 60.8 Å². The Morgan fingerprint density at radius 1 is 0.968 bits per heavy atom. The van der Waals surface area contributed by atoms with Crippen molar-refractivity contribution in [1.82, 2.24) is 10.4 Å². The Morgan fingerprint density at radius 2 is 1.55 bits per heavy atom. The molecular weight excluding hydrogens is 388 g/mol. The number of rotatable bonds is 13. The molecule has 5 heteroatoms. The molecule has 2 aliphatic rings. The molecule has 2 atom stereocenters. The van der Waals surface area contributed by atoms with Crippen LogP contribution in [0.1, 0.15) is 64.7 Å². The summed E-state index contributed by atoms with van der Waals surface area (Å²) in [6.45, 7) is 3.31. The van der Waals surface area contributed by atoms with Crippen molar-refractivity contribution in [3.63, 3.8) is 0 Å². The highest BCUT2D eigenvalue weighted by molar-refractivity contribution is 5.82. The summed E-state index contributed by atoms with van der Waals surface area (Å²) in [6.07, 6.45) is 29.8. The lowest BCUT2D eigenvalue weighted by molar-refractivity contribution is -0.135. The summed E-state index contributed by atoms with van der Waals surface area (Å²) in [5.74, 6) is -0.157. The number of fused-ring (bicyclic) bond motifs is 1. The number of hydrogen-bond donors (Lipinski definition) is 1. The zero-order chi connectivity index (χ0) is 22.2. The van der Waals surface area contributed by atoms with Crippen molar-refractivity contribution in [2.45, 2.75) is 70.8 Å². The predicted molar refractivity (Wildman–Crippen MR) is 126 cm³/mol. The molecule has 5 nitrogen and oxygen atoms in total. The lowest BCUT2D eigenvalue weighted by atomic mass is 9.95. The number of piperidine rings is 1. The highest BCUT2D eigenvalue weighted by atomic mass is 16.7. The van der Waals surface area contributed by atoms with Crippen LogP contribution < -0.4 is 5.48 Å². The molecule has 0 saturated carbocycles. The average Bonchev–Trinajstić information content (AvgIpc) is 3.16. The standard InChI is InChI=1S/C26H38N2O3/c1-2-3-4-5-6-7-8-9-10-11-12-13-14-15-16-17-18-19-25(29)28-21-20-24-23(22-28)26(30)27-31-24/h3-4,6-7,9-10,12-13,15-16,23-24H,2,5,8,11,14,17-22H2,1H3,(H,27,30)/b4-3+,7-6+,10-9+,13-12+,16-15+. The highest BCUT2D eigenvalue weighted by Gasteiger charge is 2.41. The van der Waals surface area contributed by atoms with E-state index < -0.39 is 0 Å². The average molecular weight is 427 g/mol. The SMILES string of the molecule is CC/C=C/C/C=C/C/C=C/C/C=C/C/C=C/CCCC(=O)N1CCC2ONC(=O)C2C1. The maximum Gasteiger partial charge on any atom is 0.251 e. The van der Waals surface area contributed by atoms with Gasteiger partial charge >= 0.3 is 0 Å². The fraction of sp³-hybridized carbons (Fsp3) is 0.538. The molecule has 31 heavy (non-hydrogen) atoms. The van der Waals surface area contributed by atoms with Crippen molar-refractivity contribution < 1.29 is 14.4 Å². The van der Waals surface area contributed by atoms with Gasteiger partial charge in [0.1, 0.15) is 6.10 Å². The number of nitrogens with one attached hydrogen (secondary N) is 1. The zero-order valence-corrected chi connectivity index (χ0v) is 18.9. The van der Waals surface area contributed by atoms with E-state index in [-0.39, 0.29) is 23.8 Å². The number of likely N-dealkylation sites (tertiary alicyclic amines) is 1. The largest absolute Gasteiger partial charge is 0.342 e. The first-order valence-electron chi connectivity index (χ1n) is 11.7. The summed E-state index contributed by atoms with van der Waals surface area (Å²) in [7, 11) is 0. The first-order chi connectivity index (χ1) is 15.2. The van der Waals surface area contributed by atoms with E-state index in [1.165, 1.54) is 0 Å². The van der Waals surface area contributed by atoms with Crippen LogP contribution in [-0.4, -0.2) is 35.9 Å². The quantitative estimate of drug-likeness (QED) is 0.326. The smallest absolute Gasteiger partial charge is 0.251 e. The maximum atomic E-state index is 12.4. The van der Waals surface area contributed by atoms with E-state index in [9.17, 15) is 9.59 Å². The van der Waals surface area contributed by atoms with E-state index in [1.807, 2.05) is 4.90 Å². The molecular formula is C26H38N2O3. The minimum absolute atomic E-state index is 0.0714. The van der Waals surface area contributed by atoms with Crippen molar-refractivity contribution in [1.29, 1.82) is 0 Å². The van der Waals surface area contributed by atoms with Gasteiger partial charge < -0.3 is 4.90 Å². The minimum atomic E-state index is -0.205. The number of amides is 2. The summed E-state index contributed by atoms with van der Waals surface area (Å²) in [5, 5.41) is 0. The number of carbonyl (C=O) groups is 2. The second kappa shape index (κ2) is 15.4. The van der Waals surface area contributed by atoms with Crippen LogP contribution in [0.4, 0.5) is 0 Å². The Balaban J connectivity index is 1.46. The molecule has 2 heterocycles. The van der Waals surface area contributed by atoms with Crippen molar-refractivity contribution in [3.05, 3.63) is 60.8 Å². The molecule has 2 unspecified atom stereocenters. The monoisotopic (exact) mass is 426 g/mol. The third kappa shape index (κ3) is 9.97. The highest BCUT2D eigenvalue weighted by Crippen LogP contribution is 2.24. The van der Waals surface area contributed by atoms with Crippen molar-refractivity contribution >= 4 is 11.8 Å². The number of hydroxylamine groups is 1. The molecule has 0 aliphatic carbocycles. The number of carbonyl (C=O) groups excluding carboxylic acids is 2. The normalized spacial score (nSPS) is 22.0. The van der Waals surface area contributed by atoms with Gasteiger partial charge in [0, 0.05) is 19.5 Å². The minimum Gasteiger partial charge on any atom is -0.342 e. The summed E-state index contributed by atoms with van der Waals surface area (Å²) in [4.78, 5) is 31.1. The van der Waals surface area contributed by atoms with Crippen LogP contribution in [0, 0.1) is 5.92 Å². The molecule has 0 spiro atoms. The lowest BCUT2D eigenvalue weighted by Gasteiger charge is -2.32. The van der Waals surface area contributed by atoms with Gasteiger partial charge in [-0.25, -0.2) is 5.48 Å². The van der Waals surface area contributed by atoms with E-state index in [4.69, 9.17) is 4.84 Å². The van der Waals surface area contributed by atoms with Gasteiger partial charge in [-0.05, 0) is 51.4 Å². The van der Waals surface area contributed by atoms with Crippen LogP contribution in [0.2, 0.25) is 0 Å². The number of unbranched alkanes of at least 4 members (excludes halogenated alkanes) is 1. The van der Waals surface area contributed by atoms with Crippen LogP contribution in [0.3, 0.4) is 0 Å². The van der Waals surface area contributed by atoms with Crippen LogP contribution >= 0.6 is 0 Å². The van der Waals surface area contributed by atoms with Gasteiger partial charge in [0.2, 0.25) is 5.91 Å². The second-order valence-corrected chi connectivity index (χ2v) is 7.96. The van der Waals surface area contributed by atoms with E-state index in [0.29, 0.717) is 19.5 Å². The summed E-state index contributed by atoms with van der Waals surface area (Å²) < 4.78 is 0. The molecule has 0 aromatic rings. The van der Waals surface area contributed by atoms with Crippen LogP contribution in [0.25, 0.3) is 0 Å². The number of nitrogens with zero attached hydrogens (tertiary/aromatic N) is 1. The van der Waals surface area contributed by atoms with E-state index in [1.54, 1.807) is 0 Å². The van der Waals surface area contributed by atoms with Crippen LogP contribution in [0.5, 0.6) is 0 Å². The van der Waals surface area contributed by atoms with Crippen LogP contribution in [-0.2, 0) is 14.4 Å². The molecule has 170 valence electrons.